The Hall–Kier alpha value is -3.18. The van der Waals surface area contributed by atoms with Gasteiger partial charge in [0.05, 0.1) is 16.3 Å². The summed E-state index contributed by atoms with van der Waals surface area (Å²) in [5.74, 6) is -5.67. The van der Waals surface area contributed by atoms with Gasteiger partial charge in [-0.05, 0) is 43.3 Å². The molecule has 1 aliphatic heterocycles. The van der Waals surface area contributed by atoms with Gasteiger partial charge in [-0.2, -0.15) is 10.1 Å². The Morgan fingerprint density at radius 1 is 1.16 bits per heavy atom. The molecule has 0 saturated carbocycles. The molecule has 32 heavy (non-hydrogen) atoms. The van der Waals surface area contributed by atoms with Crippen LogP contribution >= 0.6 is 0 Å². The standard InChI is InChI=1S/C21H22F2N4O4S/c1-13-18(19(28)24-15-7-5-6-14(12-15)21(2,22)23)20(29)27(25-13)16-8-10-17(11-9-16)32(30,31)26(3)4/h5-12,18H,1-4H3,(H,24,28). The van der Waals surface area contributed by atoms with Crippen LogP contribution in [-0.4, -0.2) is 44.3 Å². The van der Waals surface area contributed by atoms with Gasteiger partial charge in [-0.25, -0.2) is 21.5 Å². The van der Waals surface area contributed by atoms with E-state index in [1.807, 2.05) is 0 Å². The van der Waals surface area contributed by atoms with E-state index in [9.17, 15) is 26.8 Å². The average Bonchev–Trinajstić information content (AvgIpc) is 3.01. The lowest BCUT2D eigenvalue weighted by molar-refractivity contribution is -0.127. The minimum Gasteiger partial charge on any atom is -0.325 e. The number of nitrogens with zero attached hydrogens (tertiary/aromatic N) is 3. The van der Waals surface area contributed by atoms with E-state index in [1.165, 1.54) is 63.5 Å². The first-order valence-corrected chi connectivity index (χ1v) is 11.0. The monoisotopic (exact) mass is 464 g/mol. The third-order valence-corrected chi connectivity index (χ3v) is 6.72. The molecule has 1 unspecified atom stereocenters. The van der Waals surface area contributed by atoms with Crippen molar-refractivity contribution in [3.63, 3.8) is 0 Å². The Kier molecular flexibility index (Phi) is 6.16. The number of hydrogen-bond acceptors (Lipinski definition) is 5. The Balaban J connectivity index is 1.79. The number of amides is 2. The number of hydrogen-bond donors (Lipinski definition) is 1. The average molecular weight is 464 g/mol. The highest BCUT2D eigenvalue weighted by Crippen LogP contribution is 2.30. The Morgan fingerprint density at radius 3 is 2.34 bits per heavy atom. The number of rotatable bonds is 6. The van der Waals surface area contributed by atoms with E-state index in [4.69, 9.17) is 0 Å². The Bertz CT molecular complexity index is 1190. The summed E-state index contributed by atoms with van der Waals surface area (Å²) in [7, 11) is -0.829. The van der Waals surface area contributed by atoms with Crippen LogP contribution in [0.3, 0.4) is 0 Å². The van der Waals surface area contributed by atoms with Crippen molar-refractivity contribution in [2.75, 3.05) is 24.4 Å². The van der Waals surface area contributed by atoms with Crippen LogP contribution in [0.5, 0.6) is 0 Å². The molecule has 1 N–H and O–H groups in total. The fraction of sp³-hybridized carbons (Fsp3) is 0.286. The summed E-state index contributed by atoms with van der Waals surface area (Å²) in [6.45, 7) is 2.25. The van der Waals surface area contributed by atoms with Crippen molar-refractivity contribution >= 4 is 38.9 Å². The van der Waals surface area contributed by atoms with Crippen molar-refractivity contribution in [3.05, 3.63) is 54.1 Å². The third-order valence-electron chi connectivity index (χ3n) is 4.89. The van der Waals surface area contributed by atoms with Crippen LogP contribution < -0.4 is 10.3 Å². The maximum Gasteiger partial charge on any atom is 0.270 e. The predicted molar refractivity (Wildman–Crippen MR) is 116 cm³/mol. The molecule has 0 radical (unpaired) electrons. The zero-order valence-corrected chi connectivity index (χ0v) is 18.7. The van der Waals surface area contributed by atoms with Crippen molar-refractivity contribution in [2.45, 2.75) is 24.7 Å². The second kappa shape index (κ2) is 8.40. The minimum absolute atomic E-state index is 0.0421. The van der Waals surface area contributed by atoms with Gasteiger partial charge in [-0.1, -0.05) is 12.1 Å². The number of sulfonamides is 1. The summed E-state index contributed by atoms with van der Waals surface area (Å²) in [6.07, 6.45) is 0. The van der Waals surface area contributed by atoms with E-state index in [0.717, 1.165) is 22.3 Å². The second-order valence-corrected chi connectivity index (χ2v) is 9.72. The molecule has 3 rings (SSSR count). The zero-order valence-electron chi connectivity index (χ0n) is 17.8. The van der Waals surface area contributed by atoms with E-state index in [0.29, 0.717) is 0 Å². The lowest BCUT2D eigenvalue weighted by atomic mass is 10.0. The lowest BCUT2D eigenvalue weighted by Gasteiger charge is -2.16. The van der Waals surface area contributed by atoms with Gasteiger partial charge in [-0.3, -0.25) is 9.59 Å². The van der Waals surface area contributed by atoms with Crippen molar-refractivity contribution in [2.24, 2.45) is 11.0 Å². The van der Waals surface area contributed by atoms with Gasteiger partial charge in [-0.15, -0.1) is 0 Å². The number of carbonyl (C=O) groups excluding carboxylic acids is 2. The summed E-state index contributed by atoms with van der Waals surface area (Å²) in [6, 6.07) is 10.7. The first-order chi connectivity index (χ1) is 14.8. The highest BCUT2D eigenvalue weighted by atomic mass is 32.2. The second-order valence-electron chi connectivity index (χ2n) is 7.56. The van der Waals surface area contributed by atoms with E-state index < -0.39 is 33.7 Å². The maximum absolute atomic E-state index is 13.5. The van der Waals surface area contributed by atoms with Crippen molar-refractivity contribution in [1.82, 2.24) is 4.31 Å². The summed E-state index contributed by atoms with van der Waals surface area (Å²) >= 11 is 0. The van der Waals surface area contributed by atoms with E-state index >= 15 is 0 Å². The quantitative estimate of drug-likeness (QED) is 0.665. The SMILES string of the molecule is CC1=NN(c2ccc(S(=O)(=O)N(C)C)cc2)C(=O)C1C(=O)Nc1cccc(C(C)(F)F)c1. The summed E-state index contributed by atoms with van der Waals surface area (Å²) < 4.78 is 52.6. The van der Waals surface area contributed by atoms with Crippen LogP contribution in [0.4, 0.5) is 20.2 Å². The van der Waals surface area contributed by atoms with Crippen LogP contribution in [0, 0.1) is 5.92 Å². The molecular formula is C21H22F2N4O4S. The number of benzene rings is 2. The number of carbonyl (C=O) groups is 2. The first kappa shape index (κ1) is 23.5. The molecule has 1 atom stereocenters. The molecule has 0 bridgehead atoms. The fourth-order valence-electron chi connectivity index (χ4n) is 3.11. The van der Waals surface area contributed by atoms with Gasteiger partial charge in [0.25, 0.3) is 11.8 Å². The lowest BCUT2D eigenvalue weighted by Crippen LogP contribution is -2.36. The first-order valence-electron chi connectivity index (χ1n) is 9.53. The smallest absolute Gasteiger partial charge is 0.270 e. The normalized spacial score (nSPS) is 17.0. The van der Waals surface area contributed by atoms with Crippen LogP contribution in [0.2, 0.25) is 0 Å². The highest BCUT2D eigenvalue weighted by Gasteiger charge is 2.40. The van der Waals surface area contributed by atoms with Gasteiger partial charge in [0, 0.05) is 32.3 Å². The van der Waals surface area contributed by atoms with E-state index in [-0.39, 0.29) is 27.5 Å². The summed E-state index contributed by atoms with van der Waals surface area (Å²) in [5, 5.41) is 7.63. The third kappa shape index (κ3) is 4.53. The van der Waals surface area contributed by atoms with Crippen molar-refractivity contribution < 1.29 is 26.8 Å². The minimum atomic E-state index is -3.64. The molecule has 0 aromatic heterocycles. The molecular weight excluding hydrogens is 442 g/mol. The fourth-order valence-corrected chi connectivity index (χ4v) is 4.01. The predicted octanol–water partition coefficient (Wildman–Crippen LogP) is 3.03. The van der Waals surface area contributed by atoms with Gasteiger partial charge < -0.3 is 5.32 Å². The summed E-state index contributed by atoms with van der Waals surface area (Å²) in [5.41, 5.74) is 0.364. The largest absolute Gasteiger partial charge is 0.325 e. The molecule has 170 valence electrons. The molecule has 0 fully saturated rings. The Morgan fingerprint density at radius 2 is 1.78 bits per heavy atom. The van der Waals surface area contributed by atoms with Crippen LogP contribution in [0.15, 0.2) is 58.5 Å². The number of nitrogens with one attached hydrogen (secondary N) is 1. The van der Waals surface area contributed by atoms with E-state index in [1.54, 1.807) is 0 Å². The van der Waals surface area contributed by atoms with Gasteiger partial charge >= 0.3 is 0 Å². The van der Waals surface area contributed by atoms with Crippen molar-refractivity contribution in [1.29, 1.82) is 0 Å². The van der Waals surface area contributed by atoms with Gasteiger partial charge in [0.2, 0.25) is 15.9 Å². The maximum atomic E-state index is 13.5. The van der Waals surface area contributed by atoms with Crippen LogP contribution in [0.1, 0.15) is 19.4 Å². The molecule has 0 spiro atoms. The molecule has 2 aromatic rings. The number of alkyl halides is 2. The molecule has 2 amide bonds. The number of halogens is 2. The molecule has 8 nitrogen and oxygen atoms in total. The van der Waals surface area contributed by atoms with Crippen LogP contribution in [0.25, 0.3) is 0 Å². The van der Waals surface area contributed by atoms with Crippen LogP contribution in [-0.2, 0) is 25.5 Å². The van der Waals surface area contributed by atoms with Gasteiger partial charge in [0.1, 0.15) is 0 Å². The molecule has 2 aromatic carbocycles. The number of anilines is 2. The molecule has 1 aliphatic rings. The molecule has 1 heterocycles. The van der Waals surface area contributed by atoms with Gasteiger partial charge in [0.15, 0.2) is 5.92 Å². The van der Waals surface area contributed by atoms with Crippen molar-refractivity contribution in [3.8, 4) is 0 Å². The Labute approximate surface area is 184 Å². The topological polar surface area (TPSA) is 99.2 Å². The van der Waals surface area contributed by atoms with E-state index in [2.05, 4.69) is 10.4 Å². The number of hydrazone groups is 1. The zero-order chi connectivity index (χ0) is 23.8. The molecule has 0 saturated heterocycles. The molecule has 0 aliphatic carbocycles. The molecule has 11 heteroatoms. The highest BCUT2D eigenvalue weighted by molar-refractivity contribution is 7.89. The summed E-state index contributed by atoms with van der Waals surface area (Å²) in [4.78, 5) is 25.6.